The van der Waals surface area contributed by atoms with Crippen LogP contribution in [0.25, 0.3) is 0 Å². The Morgan fingerprint density at radius 3 is 2.59 bits per heavy atom. The Morgan fingerprint density at radius 1 is 1.04 bits per heavy atom. The first kappa shape index (κ1) is 17.4. The molecule has 2 heterocycles. The average molecular weight is 381 g/mol. The molecule has 0 saturated carbocycles. The second kappa shape index (κ2) is 6.98. The van der Waals surface area contributed by atoms with E-state index in [4.69, 9.17) is 0 Å². The van der Waals surface area contributed by atoms with Crippen molar-refractivity contribution in [2.24, 2.45) is 0 Å². The van der Waals surface area contributed by atoms with Gasteiger partial charge in [-0.15, -0.1) is 0 Å². The van der Waals surface area contributed by atoms with Gasteiger partial charge in [0.15, 0.2) is 0 Å². The van der Waals surface area contributed by atoms with Crippen molar-refractivity contribution in [2.45, 2.75) is 11.3 Å². The van der Waals surface area contributed by atoms with Crippen molar-refractivity contribution < 1.29 is 8.42 Å². The van der Waals surface area contributed by atoms with E-state index in [0.29, 0.717) is 11.6 Å². The fourth-order valence-electron chi connectivity index (χ4n) is 3.10. The van der Waals surface area contributed by atoms with Crippen molar-refractivity contribution in [1.29, 1.82) is 0 Å². The van der Waals surface area contributed by atoms with Gasteiger partial charge in [0.2, 0.25) is 16.0 Å². The lowest BCUT2D eigenvalue weighted by molar-refractivity contribution is 0.588. The topological polar surface area (TPSA) is 87.2 Å². The highest BCUT2D eigenvalue weighted by molar-refractivity contribution is 7.89. The SMILES string of the molecule is CNS(=O)(=O)c1ccc(Nc2nccc(N3CCc4ccccc43)n2)cc1. The van der Waals surface area contributed by atoms with Crippen molar-refractivity contribution in [2.75, 3.05) is 23.8 Å². The molecule has 0 spiro atoms. The number of aromatic nitrogens is 2. The van der Waals surface area contributed by atoms with Gasteiger partial charge in [0.05, 0.1) is 4.90 Å². The molecule has 7 nitrogen and oxygen atoms in total. The van der Waals surface area contributed by atoms with E-state index in [1.54, 1.807) is 18.3 Å². The second-order valence-corrected chi connectivity index (χ2v) is 8.01. The average Bonchev–Trinajstić information content (AvgIpc) is 3.13. The van der Waals surface area contributed by atoms with E-state index in [2.05, 4.69) is 37.0 Å². The summed E-state index contributed by atoms with van der Waals surface area (Å²) >= 11 is 0. The third kappa shape index (κ3) is 3.49. The van der Waals surface area contributed by atoms with E-state index in [9.17, 15) is 8.42 Å². The van der Waals surface area contributed by atoms with Gasteiger partial charge in [0.25, 0.3) is 0 Å². The van der Waals surface area contributed by atoms with E-state index >= 15 is 0 Å². The lowest BCUT2D eigenvalue weighted by Crippen LogP contribution is -2.18. The molecule has 0 bridgehead atoms. The van der Waals surface area contributed by atoms with Crippen molar-refractivity contribution in [3.8, 4) is 0 Å². The van der Waals surface area contributed by atoms with Crippen LogP contribution in [0.1, 0.15) is 5.56 Å². The van der Waals surface area contributed by atoms with E-state index in [-0.39, 0.29) is 4.90 Å². The molecule has 0 fully saturated rings. The standard InChI is InChI=1S/C19H19N5O2S/c1-20-27(25,26)16-8-6-15(7-9-16)22-19-21-12-10-18(23-19)24-13-11-14-4-2-3-5-17(14)24/h2-10,12,20H,11,13H2,1H3,(H,21,22,23). The van der Waals surface area contributed by atoms with Gasteiger partial charge in [-0.25, -0.2) is 18.1 Å². The maximum absolute atomic E-state index is 11.8. The quantitative estimate of drug-likeness (QED) is 0.707. The first-order chi connectivity index (χ1) is 13.1. The van der Waals surface area contributed by atoms with Gasteiger partial charge in [-0.3, -0.25) is 0 Å². The van der Waals surface area contributed by atoms with Crippen LogP contribution in [-0.2, 0) is 16.4 Å². The van der Waals surface area contributed by atoms with Crippen molar-refractivity contribution in [3.05, 3.63) is 66.4 Å². The highest BCUT2D eigenvalue weighted by atomic mass is 32.2. The number of fused-ring (bicyclic) bond motifs is 1. The molecule has 0 radical (unpaired) electrons. The summed E-state index contributed by atoms with van der Waals surface area (Å²) in [6.07, 6.45) is 2.70. The number of sulfonamides is 1. The minimum Gasteiger partial charge on any atom is -0.326 e. The Kier molecular flexibility index (Phi) is 4.51. The van der Waals surface area contributed by atoms with Crippen molar-refractivity contribution >= 4 is 33.2 Å². The second-order valence-electron chi connectivity index (χ2n) is 6.13. The number of para-hydroxylation sites is 1. The Bertz CT molecular complexity index is 1070. The lowest BCUT2D eigenvalue weighted by Gasteiger charge is -2.18. The van der Waals surface area contributed by atoms with Crippen LogP contribution in [0.3, 0.4) is 0 Å². The van der Waals surface area contributed by atoms with Crippen LogP contribution in [-0.4, -0.2) is 32.0 Å². The molecule has 2 aromatic carbocycles. The number of hydrogen-bond acceptors (Lipinski definition) is 6. The molecule has 0 amide bonds. The Balaban J connectivity index is 1.56. The van der Waals surface area contributed by atoms with E-state index in [1.165, 1.54) is 30.4 Å². The molecule has 0 saturated heterocycles. The molecule has 1 aliphatic heterocycles. The van der Waals surface area contributed by atoms with Crippen LogP contribution in [0, 0.1) is 0 Å². The molecule has 1 aromatic heterocycles. The highest BCUT2D eigenvalue weighted by Crippen LogP contribution is 2.33. The van der Waals surface area contributed by atoms with Crippen LogP contribution in [0.5, 0.6) is 0 Å². The van der Waals surface area contributed by atoms with E-state index < -0.39 is 10.0 Å². The number of anilines is 4. The molecule has 0 atom stereocenters. The molecular weight excluding hydrogens is 362 g/mol. The summed E-state index contributed by atoms with van der Waals surface area (Å²) in [5.41, 5.74) is 3.19. The lowest BCUT2D eigenvalue weighted by atomic mass is 10.2. The molecule has 27 heavy (non-hydrogen) atoms. The number of hydrogen-bond donors (Lipinski definition) is 2. The summed E-state index contributed by atoms with van der Waals surface area (Å²) in [6.45, 7) is 0.881. The van der Waals surface area contributed by atoms with Gasteiger partial charge in [-0.2, -0.15) is 4.98 Å². The molecule has 4 rings (SSSR count). The smallest absolute Gasteiger partial charge is 0.240 e. The van der Waals surface area contributed by atoms with Crippen LogP contribution in [0.2, 0.25) is 0 Å². The zero-order valence-electron chi connectivity index (χ0n) is 14.8. The zero-order chi connectivity index (χ0) is 18.9. The Labute approximate surface area is 158 Å². The van der Waals surface area contributed by atoms with Gasteiger partial charge in [0.1, 0.15) is 5.82 Å². The predicted molar refractivity (Wildman–Crippen MR) is 105 cm³/mol. The molecular formula is C19H19N5O2S. The minimum absolute atomic E-state index is 0.207. The van der Waals surface area contributed by atoms with Gasteiger partial charge in [-0.05, 0) is 55.4 Å². The molecule has 0 aliphatic carbocycles. The molecule has 0 unspecified atom stereocenters. The largest absolute Gasteiger partial charge is 0.326 e. The molecule has 138 valence electrons. The Hall–Kier alpha value is -2.97. The first-order valence-electron chi connectivity index (χ1n) is 8.56. The molecule has 3 aromatic rings. The van der Waals surface area contributed by atoms with Crippen LogP contribution in [0.15, 0.2) is 65.7 Å². The minimum atomic E-state index is -3.45. The van der Waals surface area contributed by atoms with Crippen LogP contribution < -0.4 is 14.9 Å². The molecule has 8 heteroatoms. The monoisotopic (exact) mass is 381 g/mol. The third-order valence-electron chi connectivity index (χ3n) is 4.49. The fourth-order valence-corrected chi connectivity index (χ4v) is 3.83. The van der Waals surface area contributed by atoms with Crippen LogP contribution >= 0.6 is 0 Å². The number of nitrogens with zero attached hydrogens (tertiary/aromatic N) is 3. The maximum Gasteiger partial charge on any atom is 0.240 e. The van der Waals surface area contributed by atoms with Crippen molar-refractivity contribution in [3.63, 3.8) is 0 Å². The number of rotatable bonds is 5. The predicted octanol–water partition coefficient (Wildman–Crippen LogP) is 2.82. The van der Waals surface area contributed by atoms with Crippen molar-refractivity contribution in [1.82, 2.24) is 14.7 Å². The summed E-state index contributed by atoms with van der Waals surface area (Å²) in [5.74, 6) is 1.29. The zero-order valence-corrected chi connectivity index (χ0v) is 15.6. The normalized spacial score (nSPS) is 13.4. The van der Waals surface area contributed by atoms with Crippen LogP contribution in [0.4, 0.5) is 23.1 Å². The number of nitrogens with one attached hydrogen (secondary N) is 2. The van der Waals surface area contributed by atoms with E-state index in [0.717, 1.165) is 18.8 Å². The summed E-state index contributed by atoms with van der Waals surface area (Å²) in [6, 6.07) is 16.6. The fraction of sp³-hybridized carbons (Fsp3) is 0.158. The summed E-state index contributed by atoms with van der Waals surface area (Å²) in [4.78, 5) is 11.3. The van der Waals surface area contributed by atoms with E-state index in [1.807, 2.05) is 18.2 Å². The third-order valence-corrected chi connectivity index (χ3v) is 5.92. The summed E-state index contributed by atoms with van der Waals surface area (Å²) < 4.78 is 25.9. The van der Waals surface area contributed by atoms with Gasteiger partial charge < -0.3 is 10.2 Å². The highest BCUT2D eigenvalue weighted by Gasteiger charge is 2.21. The Morgan fingerprint density at radius 2 is 1.81 bits per heavy atom. The molecule has 2 N–H and O–H groups in total. The molecule has 1 aliphatic rings. The van der Waals surface area contributed by atoms with Gasteiger partial charge >= 0.3 is 0 Å². The number of benzene rings is 2. The van der Waals surface area contributed by atoms with Gasteiger partial charge in [0, 0.05) is 24.1 Å². The maximum atomic E-state index is 11.8. The first-order valence-corrected chi connectivity index (χ1v) is 10.0. The van der Waals surface area contributed by atoms with Gasteiger partial charge in [-0.1, -0.05) is 18.2 Å². The summed E-state index contributed by atoms with van der Waals surface area (Å²) in [7, 11) is -2.06. The summed E-state index contributed by atoms with van der Waals surface area (Å²) in [5, 5.41) is 3.12.